The van der Waals surface area contributed by atoms with Crippen molar-refractivity contribution in [2.75, 3.05) is 17.3 Å². The van der Waals surface area contributed by atoms with Crippen LogP contribution in [0.5, 0.6) is 0 Å². The van der Waals surface area contributed by atoms with Gasteiger partial charge in [0.05, 0.1) is 35.1 Å². The normalized spacial score (nSPS) is 17.6. The lowest BCUT2D eigenvalue weighted by atomic mass is 10.1. The molecule has 0 saturated heterocycles. The molecular formula is C21H20F2N6O. The van der Waals surface area contributed by atoms with Crippen LogP contribution in [0.4, 0.5) is 26.1 Å². The molecule has 0 spiro atoms. The van der Waals surface area contributed by atoms with E-state index >= 15 is 0 Å². The molecule has 1 aromatic carbocycles. The van der Waals surface area contributed by atoms with Crippen molar-refractivity contribution in [2.24, 2.45) is 13.0 Å². The Bertz CT molecular complexity index is 1200. The number of rotatable bonds is 5. The highest BCUT2D eigenvalue weighted by molar-refractivity contribution is 6.01. The second-order valence-electron chi connectivity index (χ2n) is 7.39. The number of pyridine rings is 1. The zero-order valence-corrected chi connectivity index (χ0v) is 16.8. The van der Waals surface area contributed by atoms with E-state index in [2.05, 4.69) is 15.3 Å². The van der Waals surface area contributed by atoms with E-state index in [-0.39, 0.29) is 17.8 Å². The number of hydrogen-bond acceptors (Lipinski definition) is 5. The Morgan fingerprint density at radius 2 is 2.17 bits per heavy atom. The van der Waals surface area contributed by atoms with E-state index in [1.54, 1.807) is 42.0 Å². The van der Waals surface area contributed by atoms with Gasteiger partial charge >= 0.3 is 0 Å². The molecule has 154 valence electrons. The monoisotopic (exact) mass is 410 g/mol. The average Bonchev–Trinajstić information content (AvgIpc) is 3.35. The van der Waals surface area contributed by atoms with Gasteiger partial charge in [-0.1, -0.05) is 6.92 Å². The van der Waals surface area contributed by atoms with Crippen LogP contribution >= 0.6 is 0 Å². The molecule has 4 rings (SSSR count). The summed E-state index contributed by atoms with van der Waals surface area (Å²) >= 11 is 0. The molecule has 1 saturated carbocycles. The molecule has 1 aliphatic carbocycles. The molecule has 1 amide bonds. The standard InChI is InChI=1S/C21H20F2N6O/c1-4-12-5-11(9-24)6-15(23)19(12)29(3)17-8-16-18(25-10-28(16)2)20(26-17)27-21(30)13-7-14(13)22/h5-6,8,10,13-14H,4,7H2,1-3H3,(H,26,27,30)/t13?,14-/m1/s1. The first-order chi connectivity index (χ1) is 14.3. The van der Waals surface area contributed by atoms with Crippen molar-refractivity contribution in [1.29, 1.82) is 5.26 Å². The third kappa shape index (κ3) is 3.34. The number of aryl methyl sites for hydroxylation is 2. The number of carbonyl (C=O) groups excluding carboxylic acids is 1. The number of halogens is 2. The quantitative estimate of drug-likeness (QED) is 0.694. The summed E-state index contributed by atoms with van der Waals surface area (Å²) in [5.41, 5.74) is 2.35. The minimum Gasteiger partial charge on any atom is -0.334 e. The molecule has 2 heterocycles. The molecule has 0 aliphatic heterocycles. The number of nitriles is 1. The molecular weight excluding hydrogens is 390 g/mol. The number of aromatic nitrogens is 3. The van der Waals surface area contributed by atoms with E-state index < -0.39 is 23.8 Å². The van der Waals surface area contributed by atoms with E-state index in [1.165, 1.54) is 6.07 Å². The van der Waals surface area contributed by atoms with Crippen molar-refractivity contribution in [3.63, 3.8) is 0 Å². The van der Waals surface area contributed by atoms with E-state index in [0.29, 0.717) is 34.5 Å². The van der Waals surface area contributed by atoms with Crippen LogP contribution in [0.2, 0.25) is 0 Å². The number of amides is 1. The van der Waals surface area contributed by atoms with Crippen molar-refractivity contribution in [2.45, 2.75) is 25.9 Å². The minimum atomic E-state index is -1.13. The molecule has 9 heteroatoms. The third-order valence-electron chi connectivity index (χ3n) is 5.32. The fourth-order valence-electron chi connectivity index (χ4n) is 3.50. The molecule has 1 N–H and O–H groups in total. The van der Waals surface area contributed by atoms with Gasteiger partial charge in [0.15, 0.2) is 5.82 Å². The predicted octanol–water partition coefficient (Wildman–Crippen LogP) is 3.61. The molecule has 0 bridgehead atoms. The van der Waals surface area contributed by atoms with Gasteiger partial charge in [-0.2, -0.15) is 5.26 Å². The van der Waals surface area contributed by atoms with Crippen LogP contribution in [-0.2, 0) is 18.3 Å². The summed E-state index contributed by atoms with van der Waals surface area (Å²) < 4.78 is 29.9. The van der Waals surface area contributed by atoms with Gasteiger partial charge < -0.3 is 14.8 Å². The second-order valence-corrected chi connectivity index (χ2v) is 7.39. The lowest BCUT2D eigenvalue weighted by molar-refractivity contribution is -0.117. The number of alkyl halides is 1. The summed E-state index contributed by atoms with van der Waals surface area (Å²) in [4.78, 5) is 22.6. The van der Waals surface area contributed by atoms with Crippen LogP contribution in [0.15, 0.2) is 24.5 Å². The smallest absolute Gasteiger partial charge is 0.231 e. The number of fused-ring (bicyclic) bond motifs is 1. The van der Waals surface area contributed by atoms with Crippen molar-refractivity contribution < 1.29 is 13.6 Å². The second kappa shape index (κ2) is 7.37. The maximum atomic E-state index is 14.9. The van der Waals surface area contributed by atoms with Gasteiger partial charge in [-0.15, -0.1) is 0 Å². The highest BCUT2D eigenvalue weighted by atomic mass is 19.1. The van der Waals surface area contributed by atoms with Crippen molar-refractivity contribution in [1.82, 2.24) is 14.5 Å². The molecule has 3 aromatic rings. The first-order valence-corrected chi connectivity index (χ1v) is 9.57. The van der Waals surface area contributed by atoms with Crippen LogP contribution in [-0.4, -0.2) is 33.7 Å². The topological polar surface area (TPSA) is 86.8 Å². The molecule has 30 heavy (non-hydrogen) atoms. The predicted molar refractivity (Wildman–Crippen MR) is 109 cm³/mol. The van der Waals surface area contributed by atoms with Crippen LogP contribution in [0, 0.1) is 23.1 Å². The number of nitrogens with one attached hydrogen (secondary N) is 1. The molecule has 2 atom stereocenters. The van der Waals surface area contributed by atoms with Gasteiger partial charge in [0.25, 0.3) is 0 Å². The fraction of sp³-hybridized carbons (Fsp3) is 0.333. The molecule has 1 unspecified atom stereocenters. The number of imidazole rings is 1. The first kappa shape index (κ1) is 19.8. The first-order valence-electron chi connectivity index (χ1n) is 9.57. The summed E-state index contributed by atoms with van der Waals surface area (Å²) in [5, 5.41) is 11.8. The summed E-state index contributed by atoms with van der Waals surface area (Å²) in [7, 11) is 3.46. The van der Waals surface area contributed by atoms with E-state index in [4.69, 9.17) is 5.26 Å². The van der Waals surface area contributed by atoms with Crippen molar-refractivity contribution in [3.8, 4) is 6.07 Å². The van der Waals surface area contributed by atoms with E-state index in [9.17, 15) is 13.6 Å². The van der Waals surface area contributed by atoms with E-state index in [1.807, 2.05) is 13.0 Å². The zero-order chi connectivity index (χ0) is 21.6. The van der Waals surface area contributed by atoms with Gasteiger partial charge in [0.1, 0.15) is 23.3 Å². The van der Waals surface area contributed by atoms with Crippen molar-refractivity contribution in [3.05, 3.63) is 41.5 Å². The highest BCUT2D eigenvalue weighted by Crippen LogP contribution is 2.36. The Balaban J connectivity index is 1.80. The molecule has 2 aromatic heterocycles. The SMILES string of the molecule is CCc1cc(C#N)cc(F)c1N(C)c1cc2c(ncn2C)c(NC(=O)C2C[C@H]2F)n1. The van der Waals surface area contributed by atoms with Gasteiger partial charge in [-0.3, -0.25) is 4.79 Å². The van der Waals surface area contributed by atoms with E-state index in [0.717, 1.165) is 0 Å². The number of benzene rings is 1. The van der Waals surface area contributed by atoms with Crippen LogP contribution in [0.1, 0.15) is 24.5 Å². The maximum absolute atomic E-state index is 14.9. The third-order valence-corrected chi connectivity index (χ3v) is 5.32. The van der Waals surface area contributed by atoms with Crippen molar-refractivity contribution >= 4 is 34.3 Å². The lowest BCUT2D eigenvalue weighted by Gasteiger charge is -2.23. The van der Waals surface area contributed by atoms with Gasteiger partial charge in [-0.25, -0.2) is 18.7 Å². The minimum absolute atomic E-state index is 0.200. The molecule has 1 fully saturated rings. The van der Waals surface area contributed by atoms with Gasteiger partial charge in [0, 0.05) is 20.2 Å². The Hall–Kier alpha value is -3.54. The maximum Gasteiger partial charge on any atom is 0.231 e. The van der Waals surface area contributed by atoms with Gasteiger partial charge in [-0.05, 0) is 30.5 Å². The number of carbonyl (C=O) groups is 1. The average molecular weight is 410 g/mol. The Morgan fingerprint density at radius 3 is 2.80 bits per heavy atom. The van der Waals surface area contributed by atoms with Crippen LogP contribution in [0.3, 0.4) is 0 Å². The molecule has 1 aliphatic rings. The summed E-state index contributed by atoms with van der Waals surface area (Å²) in [6.45, 7) is 1.87. The Kier molecular flexibility index (Phi) is 4.86. The van der Waals surface area contributed by atoms with Crippen LogP contribution < -0.4 is 10.2 Å². The molecule has 7 nitrogen and oxygen atoms in total. The Morgan fingerprint density at radius 1 is 1.43 bits per heavy atom. The zero-order valence-electron chi connectivity index (χ0n) is 16.8. The Labute approximate surface area is 172 Å². The number of anilines is 3. The fourth-order valence-corrected chi connectivity index (χ4v) is 3.50. The summed E-state index contributed by atoms with van der Waals surface area (Å²) in [5.74, 6) is -1.07. The number of nitrogens with zero attached hydrogens (tertiary/aromatic N) is 5. The summed E-state index contributed by atoms with van der Waals surface area (Å²) in [6.07, 6.45) is 1.17. The number of hydrogen-bond donors (Lipinski definition) is 1. The lowest BCUT2D eigenvalue weighted by Crippen LogP contribution is -2.19. The van der Waals surface area contributed by atoms with Gasteiger partial charge in [0.2, 0.25) is 5.91 Å². The largest absolute Gasteiger partial charge is 0.334 e. The molecule has 0 radical (unpaired) electrons. The summed E-state index contributed by atoms with van der Waals surface area (Å²) in [6, 6.07) is 6.54. The highest BCUT2D eigenvalue weighted by Gasteiger charge is 2.44. The van der Waals surface area contributed by atoms with Crippen LogP contribution in [0.25, 0.3) is 11.0 Å².